The topological polar surface area (TPSA) is 80.0 Å². The highest BCUT2D eigenvalue weighted by Gasteiger charge is 2.27. The Kier molecular flexibility index (Phi) is 3.82. The zero-order valence-corrected chi connectivity index (χ0v) is 12.9. The summed E-state index contributed by atoms with van der Waals surface area (Å²) >= 11 is 0. The first kappa shape index (κ1) is 15.1. The summed E-state index contributed by atoms with van der Waals surface area (Å²) < 4.78 is 10.7. The maximum absolute atomic E-state index is 12.2. The molecule has 0 spiro atoms. The molecule has 0 bridgehead atoms. The number of rotatable bonds is 4. The second-order valence-electron chi connectivity index (χ2n) is 5.72. The summed E-state index contributed by atoms with van der Waals surface area (Å²) in [5, 5.41) is 8.92. The fourth-order valence-electron chi connectivity index (χ4n) is 2.49. The molecule has 0 saturated heterocycles. The van der Waals surface area contributed by atoms with Crippen LogP contribution in [-0.4, -0.2) is 23.6 Å². The highest BCUT2D eigenvalue weighted by atomic mass is 16.5. The number of benzene rings is 1. The number of ether oxygens (including phenoxy) is 1. The van der Waals surface area contributed by atoms with Crippen molar-refractivity contribution < 1.29 is 23.8 Å². The van der Waals surface area contributed by atoms with Gasteiger partial charge in [-0.1, -0.05) is 19.9 Å². The smallest absolute Gasteiger partial charge is 0.371 e. The Balaban J connectivity index is 1.93. The molecular formula is C17H17NO5. The Labute approximate surface area is 133 Å². The third-order valence-corrected chi connectivity index (χ3v) is 3.78. The molecule has 1 amide bonds. The predicted octanol–water partition coefficient (Wildman–Crippen LogP) is 3.03. The number of hydrogen-bond acceptors (Lipinski definition) is 4. The first-order chi connectivity index (χ1) is 11.0. The highest BCUT2D eigenvalue weighted by Crippen LogP contribution is 2.35. The number of hydrogen-bond donors (Lipinski definition) is 1. The van der Waals surface area contributed by atoms with Crippen LogP contribution in [0.15, 0.2) is 34.7 Å². The van der Waals surface area contributed by atoms with E-state index < -0.39 is 5.97 Å². The maximum atomic E-state index is 12.2. The van der Waals surface area contributed by atoms with Gasteiger partial charge < -0.3 is 14.3 Å². The minimum absolute atomic E-state index is 0.0411. The average molecular weight is 315 g/mol. The van der Waals surface area contributed by atoms with Gasteiger partial charge in [0.25, 0.3) is 5.91 Å². The zero-order chi connectivity index (χ0) is 16.6. The number of fused-ring (bicyclic) bond motifs is 1. The van der Waals surface area contributed by atoms with Gasteiger partial charge in [0.1, 0.15) is 11.5 Å². The van der Waals surface area contributed by atoms with Gasteiger partial charge in [-0.3, -0.25) is 9.69 Å². The molecule has 1 aliphatic rings. The quantitative estimate of drug-likeness (QED) is 0.938. The molecule has 2 aromatic rings. The van der Waals surface area contributed by atoms with Gasteiger partial charge in [-0.15, -0.1) is 0 Å². The summed E-state index contributed by atoms with van der Waals surface area (Å²) in [4.78, 5) is 24.7. The van der Waals surface area contributed by atoms with Crippen molar-refractivity contribution >= 4 is 17.6 Å². The summed E-state index contributed by atoms with van der Waals surface area (Å²) in [7, 11) is 0. The van der Waals surface area contributed by atoms with Crippen LogP contribution in [-0.2, 0) is 11.3 Å². The Morgan fingerprint density at radius 1 is 1.30 bits per heavy atom. The first-order valence-corrected chi connectivity index (χ1v) is 7.35. The van der Waals surface area contributed by atoms with E-state index in [4.69, 9.17) is 14.3 Å². The third kappa shape index (κ3) is 2.92. The van der Waals surface area contributed by atoms with Crippen LogP contribution in [0, 0.1) is 0 Å². The van der Waals surface area contributed by atoms with E-state index in [1.807, 2.05) is 18.2 Å². The van der Waals surface area contributed by atoms with Crippen LogP contribution >= 0.6 is 0 Å². The molecule has 120 valence electrons. The summed E-state index contributed by atoms with van der Waals surface area (Å²) in [5.74, 6) is -0.0884. The van der Waals surface area contributed by atoms with Crippen LogP contribution in [0.1, 0.15) is 41.6 Å². The van der Waals surface area contributed by atoms with Crippen molar-refractivity contribution in [1.82, 2.24) is 0 Å². The monoisotopic (exact) mass is 315 g/mol. The number of carboxylic acid groups (broad SMARTS) is 1. The van der Waals surface area contributed by atoms with E-state index in [0.29, 0.717) is 23.1 Å². The molecule has 0 radical (unpaired) electrons. The van der Waals surface area contributed by atoms with Crippen LogP contribution in [0.5, 0.6) is 5.75 Å². The number of carbonyl (C=O) groups excluding carboxylic acids is 1. The van der Waals surface area contributed by atoms with E-state index in [1.165, 1.54) is 6.07 Å². The molecular weight excluding hydrogens is 298 g/mol. The summed E-state index contributed by atoms with van der Waals surface area (Å²) in [6, 6.07) is 8.71. The van der Waals surface area contributed by atoms with E-state index in [9.17, 15) is 9.59 Å². The summed E-state index contributed by atoms with van der Waals surface area (Å²) in [6.45, 7) is 4.27. The average Bonchev–Trinajstić information content (AvgIpc) is 2.98. The molecule has 6 heteroatoms. The molecule has 1 aromatic heterocycles. The maximum Gasteiger partial charge on any atom is 0.371 e. The largest absolute Gasteiger partial charge is 0.482 e. The molecule has 1 N–H and O–H groups in total. The lowest BCUT2D eigenvalue weighted by atomic mass is 10.0. The lowest BCUT2D eigenvalue weighted by Gasteiger charge is -2.29. The van der Waals surface area contributed by atoms with Crippen LogP contribution in [0.2, 0.25) is 0 Å². The van der Waals surface area contributed by atoms with Gasteiger partial charge in [0.05, 0.1) is 12.2 Å². The molecule has 0 unspecified atom stereocenters. The van der Waals surface area contributed by atoms with Crippen LogP contribution in [0.3, 0.4) is 0 Å². The van der Waals surface area contributed by atoms with Gasteiger partial charge in [0.15, 0.2) is 6.61 Å². The Morgan fingerprint density at radius 2 is 2.09 bits per heavy atom. The molecule has 1 aliphatic heterocycles. The minimum atomic E-state index is -1.13. The number of nitrogens with zero attached hydrogens (tertiary/aromatic N) is 1. The molecule has 6 nitrogen and oxygen atoms in total. The molecule has 2 heterocycles. The van der Waals surface area contributed by atoms with Gasteiger partial charge in [-0.05, 0) is 35.7 Å². The Morgan fingerprint density at radius 3 is 2.74 bits per heavy atom. The molecule has 0 atom stereocenters. The molecule has 23 heavy (non-hydrogen) atoms. The van der Waals surface area contributed by atoms with Crippen molar-refractivity contribution in [3.8, 4) is 5.75 Å². The van der Waals surface area contributed by atoms with Crippen LogP contribution in [0.25, 0.3) is 0 Å². The third-order valence-electron chi connectivity index (χ3n) is 3.78. The molecule has 0 saturated carbocycles. The van der Waals surface area contributed by atoms with Gasteiger partial charge >= 0.3 is 5.97 Å². The number of aromatic carboxylic acids is 1. The van der Waals surface area contributed by atoms with E-state index in [0.717, 1.165) is 5.56 Å². The first-order valence-electron chi connectivity index (χ1n) is 7.35. The Hall–Kier alpha value is -2.76. The van der Waals surface area contributed by atoms with E-state index in [-0.39, 0.29) is 24.8 Å². The lowest BCUT2D eigenvalue weighted by Crippen LogP contribution is -2.38. The number of furan rings is 1. The standard InChI is InChI=1S/C17H17NO5/c1-10(2)11-3-5-14-13(7-11)18(16(19)9-22-14)8-12-4-6-15(23-12)17(20)21/h3-7,10H,8-9H2,1-2H3,(H,20,21). The molecule has 0 aliphatic carbocycles. The van der Waals surface area contributed by atoms with Crippen molar-refractivity contribution in [2.75, 3.05) is 11.5 Å². The van der Waals surface area contributed by atoms with E-state index in [1.54, 1.807) is 11.0 Å². The highest BCUT2D eigenvalue weighted by molar-refractivity contribution is 5.97. The number of anilines is 1. The predicted molar refractivity (Wildman–Crippen MR) is 82.9 cm³/mol. The van der Waals surface area contributed by atoms with Crippen molar-refractivity contribution in [2.24, 2.45) is 0 Å². The van der Waals surface area contributed by atoms with Crippen LogP contribution < -0.4 is 9.64 Å². The second kappa shape index (κ2) is 5.79. The van der Waals surface area contributed by atoms with Crippen molar-refractivity contribution in [3.63, 3.8) is 0 Å². The second-order valence-corrected chi connectivity index (χ2v) is 5.72. The normalized spacial score (nSPS) is 13.9. The van der Waals surface area contributed by atoms with Crippen molar-refractivity contribution in [1.29, 1.82) is 0 Å². The fraction of sp³-hybridized carbons (Fsp3) is 0.294. The minimum Gasteiger partial charge on any atom is -0.482 e. The molecule has 1 aromatic carbocycles. The van der Waals surface area contributed by atoms with Crippen molar-refractivity contribution in [3.05, 3.63) is 47.4 Å². The lowest BCUT2D eigenvalue weighted by molar-refractivity contribution is -0.121. The SMILES string of the molecule is CC(C)c1ccc2c(c1)N(Cc1ccc(C(=O)O)o1)C(=O)CO2. The van der Waals surface area contributed by atoms with E-state index in [2.05, 4.69) is 13.8 Å². The number of carboxylic acids is 1. The van der Waals surface area contributed by atoms with Gasteiger partial charge in [-0.25, -0.2) is 4.79 Å². The van der Waals surface area contributed by atoms with Gasteiger partial charge in [0.2, 0.25) is 5.76 Å². The molecule has 3 rings (SSSR count). The molecule has 0 fully saturated rings. The van der Waals surface area contributed by atoms with Gasteiger partial charge in [-0.2, -0.15) is 0 Å². The summed E-state index contributed by atoms with van der Waals surface area (Å²) in [5.41, 5.74) is 1.78. The van der Waals surface area contributed by atoms with Gasteiger partial charge in [0, 0.05) is 0 Å². The van der Waals surface area contributed by atoms with Crippen LogP contribution in [0.4, 0.5) is 5.69 Å². The number of carbonyl (C=O) groups is 2. The van der Waals surface area contributed by atoms with Crippen molar-refractivity contribution in [2.45, 2.75) is 26.3 Å². The summed E-state index contributed by atoms with van der Waals surface area (Å²) in [6.07, 6.45) is 0. The fourth-order valence-corrected chi connectivity index (χ4v) is 2.49. The zero-order valence-electron chi connectivity index (χ0n) is 12.9. The van der Waals surface area contributed by atoms with E-state index >= 15 is 0 Å². The Bertz CT molecular complexity index is 762. The number of amides is 1.